The van der Waals surface area contributed by atoms with Gasteiger partial charge in [0.25, 0.3) is 11.8 Å². The molecule has 0 aliphatic carbocycles. The Hall–Kier alpha value is -2.62. The van der Waals surface area contributed by atoms with Gasteiger partial charge >= 0.3 is 0 Å². The minimum atomic E-state index is -0.975. The second kappa shape index (κ2) is 6.84. The molecule has 142 valence electrons. The second-order valence-electron chi connectivity index (χ2n) is 7.00. The van der Waals surface area contributed by atoms with Gasteiger partial charge in [-0.05, 0) is 18.1 Å². The molecule has 4 amide bonds. The first-order valence-electron chi connectivity index (χ1n) is 8.93. The number of rotatable bonds is 4. The summed E-state index contributed by atoms with van der Waals surface area (Å²) in [6, 6.07) is 3.89. The first kappa shape index (κ1) is 17.8. The lowest BCUT2D eigenvalue weighted by atomic mass is 10.0. The number of hydrogen-bond donors (Lipinski definition) is 4. The van der Waals surface area contributed by atoms with Gasteiger partial charge in [0.1, 0.15) is 6.04 Å². The zero-order valence-electron chi connectivity index (χ0n) is 14.5. The van der Waals surface area contributed by atoms with Gasteiger partial charge < -0.3 is 15.7 Å². The Bertz CT molecular complexity index is 839. The number of imide groups is 2. The van der Waals surface area contributed by atoms with Crippen molar-refractivity contribution in [2.75, 3.05) is 13.1 Å². The molecule has 1 aromatic rings. The summed E-state index contributed by atoms with van der Waals surface area (Å²) < 4.78 is 0. The number of piperidine rings is 1. The smallest absolute Gasteiger partial charge is 0.262 e. The maximum absolute atomic E-state index is 13.0. The van der Waals surface area contributed by atoms with Crippen LogP contribution in [0.1, 0.15) is 39.1 Å². The molecule has 0 spiro atoms. The van der Waals surface area contributed by atoms with Crippen LogP contribution in [0.4, 0.5) is 0 Å². The molecule has 9 heteroatoms. The number of hydrogen-bond acceptors (Lipinski definition) is 7. The first-order valence-corrected chi connectivity index (χ1v) is 8.93. The van der Waals surface area contributed by atoms with E-state index in [-0.39, 0.29) is 30.0 Å². The quantitative estimate of drug-likeness (QED) is 0.474. The number of β-amino-alcohol motifs (C(OH)–C–C–N with tert-alkyl or cyclic N) is 1. The Labute approximate surface area is 155 Å². The number of aliphatic hydroxyl groups is 1. The molecule has 3 atom stereocenters. The largest absolute Gasteiger partial charge is 0.390 e. The van der Waals surface area contributed by atoms with E-state index >= 15 is 0 Å². The normalized spacial score (nSPS) is 27.9. The summed E-state index contributed by atoms with van der Waals surface area (Å²) in [5.41, 5.74) is 1.17. The van der Waals surface area contributed by atoms with Gasteiger partial charge in [-0.2, -0.15) is 0 Å². The van der Waals surface area contributed by atoms with Crippen molar-refractivity contribution in [1.82, 2.24) is 20.9 Å². The highest BCUT2D eigenvalue weighted by Gasteiger charge is 2.45. The van der Waals surface area contributed by atoms with Gasteiger partial charge in [0.2, 0.25) is 11.8 Å². The Morgan fingerprint density at radius 2 is 1.96 bits per heavy atom. The fraction of sp³-hybridized carbons (Fsp3) is 0.444. The van der Waals surface area contributed by atoms with E-state index in [4.69, 9.17) is 0 Å². The Balaban J connectivity index is 1.58. The molecule has 0 aromatic heterocycles. The number of benzene rings is 1. The molecule has 4 N–H and O–H groups in total. The number of aliphatic hydroxyl groups excluding tert-OH is 1. The highest BCUT2D eigenvalue weighted by molar-refractivity contribution is 6.24. The van der Waals surface area contributed by atoms with Gasteiger partial charge in [-0.1, -0.05) is 12.1 Å². The van der Waals surface area contributed by atoms with E-state index in [1.54, 1.807) is 18.2 Å². The van der Waals surface area contributed by atoms with Crippen LogP contribution in [0, 0.1) is 0 Å². The molecule has 1 unspecified atom stereocenters. The van der Waals surface area contributed by atoms with Crippen LogP contribution in [0.15, 0.2) is 18.2 Å². The summed E-state index contributed by atoms with van der Waals surface area (Å²) in [6.45, 7) is 1.44. The molecule has 3 aliphatic rings. The number of nitrogens with one attached hydrogen (secondary N) is 3. The van der Waals surface area contributed by atoms with Crippen molar-refractivity contribution in [2.45, 2.75) is 37.6 Å². The molecule has 9 nitrogen and oxygen atoms in total. The topological polar surface area (TPSA) is 128 Å². The molecule has 0 radical (unpaired) electrons. The van der Waals surface area contributed by atoms with Gasteiger partial charge in [0, 0.05) is 32.1 Å². The Morgan fingerprint density at radius 3 is 2.67 bits per heavy atom. The SMILES string of the molecule is O=C1CCC(N2C(=O)c3cccc(CN[C@H]4CNC[C@H]4O)c3C2=O)C(=O)N1. The van der Waals surface area contributed by atoms with Crippen LogP contribution in [-0.2, 0) is 16.1 Å². The molecule has 0 saturated carbocycles. The molecule has 1 aromatic carbocycles. The Morgan fingerprint density at radius 1 is 1.15 bits per heavy atom. The predicted molar refractivity (Wildman–Crippen MR) is 92.6 cm³/mol. The highest BCUT2D eigenvalue weighted by atomic mass is 16.3. The average molecular weight is 372 g/mol. The lowest BCUT2D eigenvalue weighted by Crippen LogP contribution is -2.54. The van der Waals surface area contributed by atoms with Crippen LogP contribution in [0.3, 0.4) is 0 Å². The summed E-state index contributed by atoms with van der Waals surface area (Å²) in [7, 11) is 0. The Kier molecular flexibility index (Phi) is 4.50. The zero-order chi connectivity index (χ0) is 19.1. The maximum atomic E-state index is 13.0. The molecular weight excluding hydrogens is 352 g/mol. The van der Waals surface area contributed by atoms with Crippen LogP contribution in [0.2, 0.25) is 0 Å². The minimum Gasteiger partial charge on any atom is -0.390 e. The monoisotopic (exact) mass is 372 g/mol. The summed E-state index contributed by atoms with van der Waals surface area (Å²) in [4.78, 5) is 50.2. The molecule has 27 heavy (non-hydrogen) atoms. The second-order valence-corrected chi connectivity index (χ2v) is 7.00. The number of fused-ring (bicyclic) bond motifs is 1. The van der Waals surface area contributed by atoms with E-state index in [9.17, 15) is 24.3 Å². The fourth-order valence-corrected chi connectivity index (χ4v) is 3.85. The van der Waals surface area contributed by atoms with E-state index in [1.165, 1.54) is 0 Å². The van der Waals surface area contributed by atoms with Gasteiger partial charge in [0.15, 0.2) is 0 Å². The van der Waals surface area contributed by atoms with Gasteiger partial charge in [-0.25, -0.2) is 0 Å². The number of carbonyl (C=O) groups excluding carboxylic acids is 4. The number of nitrogens with zero attached hydrogens (tertiary/aromatic N) is 1. The standard InChI is InChI=1S/C18H20N4O5/c23-13-8-19-7-11(13)20-6-9-2-1-3-10-15(9)18(27)22(17(10)26)12-4-5-14(24)21-16(12)25/h1-3,11-13,19-20,23H,4-8H2,(H,21,24,25)/t11-,12?,13+/m0/s1. The van der Waals surface area contributed by atoms with Crippen molar-refractivity contribution in [1.29, 1.82) is 0 Å². The van der Waals surface area contributed by atoms with Crippen molar-refractivity contribution in [3.8, 4) is 0 Å². The van der Waals surface area contributed by atoms with E-state index in [0.717, 1.165) is 4.90 Å². The van der Waals surface area contributed by atoms with Crippen molar-refractivity contribution in [3.63, 3.8) is 0 Å². The third-order valence-corrected chi connectivity index (χ3v) is 5.29. The summed E-state index contributed by atoms with van der Waals surface area (Å²) >= 11 is 0. The molecule has 4 rings (SSSR count). The van der Waals surface area contributed by atoms with Gasteiger partial charge in [-0.15, -0.1) is 0 Å². The molecule has 3 aliphatic heterocycles. The first-order chi connectivity index (χ1) is 13.0. The predicted octanol–water partition coefficient (Wildman–Crippen LogP) is -1.49. The van der Waals surface area contributed by atoms with Crippen LogP contribution in [0.25, 0.3) is 0 Å². The van der Waals surface area contributed by atoms with Crippen molar-refractivity contribution in [2.24, 2.45) is 0 Å². The fourth-order valence-electron chi connectivity index (χ4n) is 3.85. The van der Waals surface area contributed by atoms with Crippen molar-refractivity contribution in [3.05, 3.63) is 34.9 Å². The average Bonchev–Trinajstić information content (AvgIpc) is 3.16. The van der Waals surface area contributed by atoms with Crippen LogP contribution < -0.4 is 16.0 Å². The van der Waals surface area contributed by atoms with Gasteiger partial charge in [-0.3, -0.25) is 29.4 Å². The zero-order valence-corrected chi connectivity index (χ0v) is 14.5. The summed E-state index contributed by atoms with van der Waals surface area (Å²) in [5, 5.41) is 18.4. The summed E-state index contributed by atoms with van der Waals surface area (Å²) in [5.74, 6) is -2.07. The van der Waals surface area contributed by atoms with E-state index in [1.807, 2.05) is 0 Å². The summed E-state index contributed by atoms with van der Waals surface area (Å²) in [6.07, 6.45) is -0.298. The van der Waals surface area contributed by atoms with Crippen LogP contribution in [-0.4, -0.2) is 64.9 Å². The molecule has 2 fully saturated rings. The van der Waals surface area contributed by atoms with Gasteiger partial charge in [0.05, 0.1) is 17.2 Å². The molecule has 2 saturated heterocycles. The number of amides is 4. The molecule has 0 bridgehead atoms. The maximum Gasteiger partial charge on any atom is 0.262 e. The van der Waals surface area contributed by atoms with Crippen LogP contribution >= 0.6 is 0 Å². The molecular formula is C18H20N4O5. The van der Waals surface area contributed by atoms with E-state index in [2.05, 4.69) is 16.0 Å². The minimum absolute atomic E-state index is 0.0881. The number of carbonyl (C=O) groups is 4. The third-order valence-electron chi connectivity index (χ3n) is 5.29. The highest BCUT2D eigenvalue weighted by Crippen LogP contribution is 2.30. The van der Waals surface area contributed by atoms with Crippen molar-refractivity contribution < 1.29 is 24.3 Å². The van der Waals surface area contributed by atoms with Crippen molar-refractivity contribution >= 4 is 23.6 Å². The lowest BCUT2D eigenvalue weighted by molar-refractivity contribution is -0.136. The third kappa shape index (κ3) is 3.03. The van der Waals surface area contributed by atoms with E-state index in [0.29, 0.717) is 25.2 Å². The van der Waals surface area contributed by atoms with E-state index < -0.39 is 35.8 Å². The van der Waals surface area contributed by atoms with Crippen LogP contribution in [0.5, 0.6) is 0 Å². The molecule has 3 heterocycles. The lowest BCUT2D eigenvalue weighted by Gasteiger charge is -2.27.